The fourth-order valence-corrected chi connectivity index (χ4v) is 3.78. The molecule has 0 saturated heterocycles. The van der Waals surface area contributed by atoms with Gasteiger partial charge in [-0.2, -0.15) is 0 Å². The second-order valence-electron chi connectivity index (χ2n) is 7.73. The molecule has 0 spiro atoms. The average molecular weight is 351 g/mol. The molecule has 1 aliphatic rings. The Hall–Kier alpha value is -2.20. The summed E-state index contributed by atoms with van der Waals surface area (Å²) < 4.78 is 0. The number of carbonyl (C=O) groups is 1. The van der Waals surface area contributed by atoms with Crippen molar-refractivity contribution < 1.29 is 4.79 Å². The first-order valence-corrected chi connectivity index (χ1v) is 9.61. The van der Waals surface area contributed by atoms with Crippen molar-refractivity contribution in [3.63, 3.8) is 0 Å². The van der Waals surface area contributed by atoms with Gasteiger partial charge >= 0.3 is 0 Å². The van der Waals surface area contributed by atoms with Crippen LogP contribution in [0.4, 0.5) is 0 Å². The third kappa shape index (κ3) is 4.70. The summed E-state index contributed by atoms with van der Waals surface area (Å²) in [6, 6.07) is 12.0. The van der Waals surface area contributed by atoms with Gasteiger partial charge < -0.3 is 11.1 Å². The molecule has 3 rings (SSSR count). The van der Waals surface area contributed by atoms with Gasteiger partial charge in [0, 0.05) is 29.9 Å². The molecule has 26 heavy (non-hydrogen) atoms. The van der Waals surface area contributed by atoms with E-state index in [0.717, 1.165) is 29.6 Å². The first-order chi connectivity index (χ1) is 12.5. The molecule has 1 amide bonds. The summed E-state index contributed by atoms with van der Waals surface area (Å²) in [7, 11) is 0. The van der Waals surface area contributed by atoms with E-state index in [2.05, 4.69) is 30.2 Å². The Morgan fingerprint density at radius 2 is 1.96 bits per heavy atom. The van der Waals surface area contributed by atoms with Gasteiger partial charge in [-0.1, -0.05) is 32.0 Å². The van der Waals surface area contributed by atoms with Crippen molar-refractivity contribution in [3.05, 3.63) is 53.7 Å². The number of aromatic nitrogens is 1. The average Bonchev–Trinajstić information content (AvgIpc) is 2.67. The second kappa shape index (κ2) is 8.45. The fraction of sp³-hybridized carbons (Fsp3) is 0.455. The first-order valence-electron chi connectivity index (χ1n) is 9.61. The molecular weight excluding hydrogens is 322 g/mol. The van der Waals surface area contributed by atoms with E-state index in [9.17, 15) is 4.79 Å². The summed E-state index contributed by atoms with van der Waals surface area (Å²) in [5.74, 6) is 1.28. The van der Waals surface area contributed by atoms with Gasteiger partial charge in [0.25, 0.3) is 0 Å². The molecule has 1 aromatic carbocycles. The SMILES string of the molecule is CC(C)[C@H]1CC[C@H](NCc2ccc(-c3cccc(C(N)=O)c3)nc2)CC1. The van der Waals surface area contributed by atoms with Crippen molar-refractivity contribution in [2.45, 2.75) is 52.1 Å². The molecule has 0 unspecified atom stereocenters. The molecule has 1 heterocycles. The zero-order valence-electron chi connectivity index (χ0n) is 15.7. The van der Waals surface area contributed by atoms with Crippen LogP contribution in [0.15, 0.2) is 42.6 Å². The maximum atomic E-state index is 11.3. The van der Waals surface area contributed by atoms with Crippen molar-refractivity contribution in [2.24, 2.45) is 17.6 Å². The van der Waals surface area contributed by atoms with E-state index in [1.807, 2.05) is 24.4 Å². The number of nitrogens with one attached hydrogen (secondary N) is 1. The lowest BCUT2D eigenvalue weighted by Gasteiger charge is -2.31. The van der Waals surface area contributed by atoms with Gasteiger partial charge in [0.1, 0.15) is 0 Å². The molecule has 0 radical (unpaired) electrons. The van der Waals surface area contributed by atoms with Crippen LogP contribution < -0.4 is 11.1 Å². The minimum atomic E-state index is -0.417. The molecule has 1 aliphatic carbocycles. The Labute approximate surface area is 156 Å². The fourth-order valence-electron chi connectivity index (χ4n) is 3.78. The van der Waals surface area contributed by atoms with Crippen molar-refractivity contribution in [2.75, 3.05) is 0 Å². The number of pyridine rings is 1. The van der Waals surface area contributed by atoms with Crippen LogP contribution in [0.5, 0.6) is 0 Å². The number of nitrogens with zero attached hydrogens (tertiary/aromatic N) is 1. The van der Waals surface area contributed by atoms with E-state index in [0.29, 0.717) is 11.6 Å². The number of amides is 1. The number of hydrogen-bond acceptors (Lipinski definition) is 3. The van der Waals surface area contributed by atoms with E-state index >= 15 is 0 Å². The molecule has 1 aromatic heterocycles. The van der Waals surface area contributed by atoms with Crippen LogP contribution >= 0.6 is 0 Å². The van der Waals surface area contributed by atoms with Crippen LogP contribution in [-0.2, 0) is 6.54 Å². The predicted molar refractivity (Wildman–Crippen MR) is 106 cm³/mol. The summed E-state index contributed by atoms with van der Waals surface area (Å²) in [6.45, 7) is 5.53. The Balaban J connectivity index is 1.55. The standard InChI is InChI=1S/C22H29N3O/c1-15(2)17-7-9-20(10-8-17)24-13-16-6-11-21(25-14-16)18-4-3-5-19(12-18)22(23)26/h3-6,11-12,14-15,17,20,24H,7-10,13H2,1-2H3,(H2,23,26)/t17-,20-. The highest BCUT2D eigenvalue weighted by molar-refractivity contribution is 5.93. The molecule has 0 aliphatic heterocycles. The van der Waals surface area contributed by atoms with Gasteiger partial charge in [-0.3, -0.25) is 9.78 Å². The molecule has 2 aromatic rings. The Kier molecular flexibility index (Phi) is 6.04. The van der Waals surface area contributed by atoms with E-state index in [1.54, 1.807) is 12.1 Å². The third-order valence-electron chi connectivity index (χ3n) is 5.58. The van der Waals surface area contributed by atoms with E-state index < -0.39 is 5.91 Å². The molecule has 0 bridgehead atoms. The number of rotatable bonds is 6. The largest absolute Gasteiger partial charge is 0.366 e. The zero-order valence-corrected chi connectivity index (χ0v) is 15.7. The van der Waals surface area contributed by atoms with Crippen LogP contribution in [-0.4, -0.2) is 16.9 Å². The molecule has 4 nitrogen and oxygen atoms in total. The summed E-state index contributed by atoms with van der Waals surface area (Å²) in [5.41, 5.74) is 8.81. The van der Waals surface area contributed by atoms with Crippen LogP contribution in [0.25, 0.3) is 11.3 Å². The zero-order chi connectivity index (χ0) is 18.5. The molecule has 1 fully saturated rings. The van der Waals surface area contributed by atoms with E-state index in [-0.39, 0.29) is 0 Å². The van der Waals surface area contributed by atoms with Crippen molar-refractivity contribution >= 4 is 5.91 Å². The molecule has 4 heteroatoms. The van der Waals surface area contributed by atoms with Crippen molar-refractivity contribution in [3.8, 4) is 11.3 Å². The molecule has 0 atom stereocenters. The molecular formula is C22H29N3O. The maximum absolute atomic E-state index is 11.3. The Bertz CT molecular complexity index is 731. The summed E-state index contributed by atoms with van der Waals surface area (Å²) in [5, 5.41) is 3.68. The Morgan fingerprint density at radius 1 is 1.19 bits per heavy atom. The Morgan fingerprint density at radius 3 is 2.58 bits per heavy atom. The lowest BCUT2D eigenvalue weighted by atomic mass is 9.80. The number of hydrogen-bond donors (Lipinski definition) is 2. The first kappa shape index (κ1) is 18.6. The normalized spacial score (nSPS) is 20.3. The van der Waals surface area contributed by atoms with Crippen LogP contribution in [0, 0.1) is 11.8 Å². The van der Waals surface area contributed by atoms with E-state index in [1.165, 1.54) is 31.2 Å². The van der Waals surface area contributed by atoms with Gasteiger partial charge in [0.15, 0.2) is 0 Å². The van der Waals surface area contributed by atoms with Gasteiger partial charge in [-0.15, -0.1) is 0 Å². The van der Waals surface area contributed by atoms with Gasteiger partial charge in [-0.25, -0.2) is 0 Å². The van der Waals surface area contributed by atoms with Crippen LogP contribution in [0.3, 0.4) is 0 Å². The smallest absolute Gasteiger partial charge is 0.248 e. The third-order valence-corrected chi connectivity index (χ3v) is 5.58. The summed E-state index contributed by atoms with van der Waals surface area (Å²) >= 11 is 0. The maximum Gasteiger partial charge on any atom is 0.248 e. The number of benzene rings is 1. The number of carbonyl (C=O) groups excluding carboxylic acids is 1. The second-order valence-corrected chi connectivity index (χ2v) is 7.73. The summed E-state index contributed by atoms with van der Waals surface area (Å²) in [6.07, 6.45) is 7.13. The quantitative estimate of drug-likeness (QED) is 0.821. The summed E-state index contributed by atoms with van der Waals surface area (Å²) in [4.78, 5) is 15.9. The lowest BCUT2D eigenvalue weighted by molar-refractivity contribution is 0.100. The van der Waals surface area contributed by atoms with Gasteiger partial charge in [-0.05, 0) is 61.3 Å². The van der Waals surface area contributed by atoms with Gasteiger partial charge in [0.05, 0.1) is 5.69 Å². The minimum absolute atomic E-state index is 0.417. The lowest BCUT2D eigenvalue weighted by Crippen LogP contribution is -2.33. The predicted octanol–water partition coefficient (Wildman–Crippen LogP) is 4.15. The van der Waals surface area contributed by atoms with E-state index in [4.69, 9.17) is 5.73 Å². The van der Waals surface area contributed by atoms with Crippen molar-refractivity contribution in [1.82, 2.24) is 10.3 Å². The topological polar surface area (TPSA) is 68.0 Å². The minimum Gasteiger partial charge on any atom is -0.366 e. The van der Waals surface area contributed by atoms with Crippen LogP contribution in [0.2, 0.25) is 0 Å². The van der Waals surface area contributed by atoms with Crippen molar-refractivity contribution in [1.29, 1.82) is 0 Å². The van der Waals surface area contributed by atoms with Crippen LogP contribution in [0.1, 0.15) is 55.5 Å². The molecule has 138 valence electrons. The van der Waals surface area contributed by atoms with Gasteiger partial charge in [0.2, 0.25) is 5.91 Å². The molecule has 3 N–H and O–H groups in total. The highest BCUT2D eigenvalue weighted by Crippen LogP contribution is 2.30. The highest BCUT2D eigenvalue weighted by atomic mass is 16.1. The highest BCUT2D eigenvalue weighted by Gasteiger charge is 2.22. The number of nitrogens with two attached hydrogens (primary N) is 1. The number of primary amides is 1. The monoisotopic (exact) mass is 351 g/mol. The molecule has 1 saturated carbocycles.